The third-order valence-electron chi connectivity index (χ3n) is 4.47. The van der Waals surface area contributed by atoms with E-state index in [-0.39, 0.29) is 6.03 Å². The summed E-state index contributed by atoms with van der Waals surface area (Å²) in [5.74, 6) is 1.98. The molecule has 4 N–H and O–H groups in total. The average molecular weight is 415 g/mol. The highest BCUT2D eigenvalue weighted by molar-refractivity contribution is 5.99. The van der Waals surface area contributed by atoms with E-state index >= 15 is 0 Å². The molecule has 0 spiro atoms. The van der Waals surface area contributed by atoms with Gasteiger partial charge in [0.15, 0.2) is 0 Å². The van der Waals surface area contributed by atoms with Gasteiger partial charge in [-0.05, 0) is 60.7 Å². The summed E-state index contributed by atoms with van der Waals surface area (Å²) >= 11 is 0. The number of anilines is 2. The summed E-state index contributed by atoms with van der Waals surface area (Å²) in [6.45, 7) is 0.328. The number of rotatable bonds is 6. The maximum Gasteiger partial charge on any atom is 0.323 e. The number of hydrogen-bond acceptors (Lipinski definition) is 6. The van der Waals surface area contributed by atoms with Gasteiger partial charge in [-0.25, -0.2) is 9.78 Å². The van der Waals surface area contributed by atoms with E-state index in [4.69, 9.17) is 15.2 Å². The number of aromatic nitrogens is 2. The molecule has 31 heavy (non-hydrogen) atoms. The molecule has 3 aromatic carbocycles. The lowest BCUT2D eigenvalue weighted by atomic mass is 10.2. The fourth-order valence-electron chi connectivity index (χ4n) is 2.90. The molecule has 0 aliphatic rings. The maximum atomic E-state index is 12.2. The molecule has 0 aliphatic heterocycles. The number of carbonyl (C=O) groups is 1. The number of methoxy groups -OCH3 is 1. The van der Waals surface area contributed by atoms with Crippen molar-refractivity contribution in [3.63, 3.8) is 0 Å². The van der Waals surface area contributed by atoms with Crippen LogP contribution in [0, 0.1) is 0 Å². The first-order chi connectivity index (χ1) is 15.1. The summed E-state index contributed by atoms with van der Waals surface area (Å²) in [6.07, 6.45) is 1.67. The van der Waals surface area contributed by atoms with Crippen molar-refractivity contribution in [3.8, 4) is 17.2 Å². The van der Waals surface area contributed by atoms with Crippen LogP contribution in [0.4, 0.5) is 16.2 Å². The van der Waals surface area contributed by atoms with Crippen LogP contribution >= 0.6 is 0 Å². The third kappa shape index (κ3) is 5.06. The zero-order valence-corrected chi connectivity index (χ0v) is 16.8. The fraction of sp³-hybridized carbons (Fsp3) is 0.0870. The summed E-state index contributed by atoms with van der Waals surface area (Å²) in [5.41, 5.74) is 9.13. The second-order valence-corrected chi connectivity index (χ2v) is 6.65. The van der Waals surface area contributed by atoms with Gasteiger partial charge in [0.25, 0.3) is 0 Å². The number of nitrogens with one attached hydrogen (secondary N) is 2. The first-order valence-electron chi connectivity index (χ1n) is 9.59. The van der Waals surface area contributed by atoms with E-state index < -0.39 is 0 Å². The number of benzene rings is 3. The van der Waals surface area contributed by atoms with E-state index in [0.29, 0.717) is 40.6 Å². The Kier molecular flexibility index (Phi) is 5.91. The van der Waals surface area contributed by atoms with E-state index in [2.05, 4.69) is 20.6 Å². The van der Waals surface area contributed by atoms with Gasteiger partial charge in [-0.1, -0.05) is 0 Å². The molecule has 156 valence electrons. The van der Waals surface area contributed by atoms with Crippen molar-refractivity contribution < 1.29 is 14.3 Å². The van der Waals surface area contributed by atoms with Crippen LogP contribution in [-0.2, 0) is 6.54 Å². The summed E-state index contributed by atoms with van der Waals surface area (Å²) in [6, 6.07) is 19.3. The van der Waals surface area contributed by atoms with Crippen LogP contribution in [0.2, 0.25) is 0 Å². The summed E-state index contributed by atoms with van der Waals surface area (Å²) in [4.78, 5) is 21.0. The van der Waals surface area contributed by atoms with Gasteiger partial charge in [0.05, 0.1) is 30.0 Å². The Morgan fingerprint density at radius 3 is 2.10 bits per heavy atom. The lowest BCUT2D eigenvalue weighted by Crippen LogP contribution is -2.19. The summed E-state index contributed by atoms with van der Waals surface area (Å²) in [7, 11) is 1.59. The number of amides is 2. The molecule has 0 unspecified atom stereocenters. The van der Waals surface area contributed by atoms with Gasteiger partial charge >= 0.3 is 6.03 Å². The van der Waals surface area contributed by atoms with Crippen LogP contribution in [0.5, 0.6) is 17.2 Å². The van der Waals surface area contributed by atoms with Gasteiger partial charge in [0, 0.05) is 24.0 Å². The number of hydrogen-bond donors (Lipinski definition) is 3. The molecule has 0 saturated heterocycles. The van der Waals surface area contributed by atoms with Crippen LogP contribution in [0.1, 0.15) is 5.69 Å². The molecule has 2 amide bonds. The zero-order chi connectivity index (χ0) is 21.6. The van der Waals surface area contributed by atoms with Gasteiger partial charge in [0.2, 0.25) is 0 Å². The molecule has 4 rings (SSSR count). The second-order valence-electron chi connectivity index (χ2n) is 6.65. The van der Waals surface area contributed by atoms with Crippen LogP contribution in [0.25, 0.3) is 11.0 Å². The monoisotopic (exact) mass is 415 g/mol. The van der Waals surface area contributed by atoms with Gasteiger partial charge < -0.3 is 25.8 Å². The number of fused-ring (bicyclic) bond motifs is 1. The van der Waals surface area contributed by atoms with Gasteiger partial charge in [-0.3, -0.25) is 4.98 Å². The Hall–Kier alpha value is -4.17. The van der Waals surface area contributed by atoms with Crippen LogP contribution in [0.3, 0.4) is 0 Å². The van der Waals surface area contributed by atoms with Crippen molar-refractivity contribution in [2.24, 2.45) is 5.73 Å². The lowest BCUT2D eigenvalue weighted by molar-refractivity contribution is 0.262. The fourth-order valence-corrected chi connectivity index (χ4v) is 2.90. The second kappa shape index (κ2) is 9.10. The molecule has 0 aliphatic carbocycles. The minimum absolute atomic E-state index is 0.328. The van der Waals surface area contributed by atoms with Crippen LogP contribution in [-0.4, -0.2) is 23.1 Å². The largest absolute Gasteiger partial charge is 0.497 e. The Morgan fingerprint density at radius 2 is 1.48 bits per heavy atom. The highest BCUT2D eigenvalue weighted by Gasteiger charge is 2.06. The first-order valence-corrected chi connectivity index (χ1v) is 9.59. The van der Waals surface area contributed by atoms with Crippen LogP contribution < -0.4 is 25.8 Å². The van der Waals surface area contributed by atoms with Crippen LogP contribution in [0.15, 0.2) is 72.9 Å². The average Bonchev–Trinajstić information content (AvgIpc) is 2.80. The Labute approximate surface area is 179 Å². The van der Waals surface area contributed by atoms with Crippen molar-refractivity contribution in [3.05, 3.63) is 78.6 Å². The normalized spacial score (nSPS) is 10.5. The Balaban J connectivity index is 1.38. The van der Waals surface area contributed by atoms with Gasteiger partial charge in [0.1, 0.15) is 17.2 Å². The lowest BCUT2D eigenvalue weighted by Gasteiger charge is -2.10. The van der Waals surface area contributed by atoms with Crippen molar-refractivity contribution in [1.82, 2.24) is 9.97 Å². The molecule has 1 aromatic heterocycles. The summed E-state index contributed by atoms with van der Waals surface area (Å²) < 4.78 is 11.0. The number of ether oxygens (including phenoxy) is 2. The van der Waals surface area contributed by atoms with Gasteiger partial charge in [-0.2, -0.15) is 0 Å². The first kappa shape index (κ1) is 20.1. The van der Waals surface area contributed by atoms with Gasteiger partial charge in [-0.15, -0.1) is 0 Å². The van der Waals surface area contributed by atoms with E-state index in [1.54, 1.807) is 61.8 Å². The molecule has 0 radical (unpaired) electrons. The summed E-state index contributed by atoms with van der Waals surface area (Å²) in [5, 5.41) is 5.54. The smallest absolute Gasteiger partial charge is 0.323 e. The number of nitrogens with two attached hydrogens (primary N) is 1. The molecule has 0 fully saturated rings. The molecule has 0 atom stereocenters. The van der Waals surface area contributed by atoms with Crippen molar-refractivity contribution in [2.75, 3.05) is 17.7 Å². The molecule has 8 nitrogen and oxygen atoms in total. The predicted molar refractivity (Wildman–Crippen MR) is 120 cm³/mol. The Morgan fingerprint density at radius 1 is 0.871 bits per heavy atom. The minimum Gasteiger partial charge on any atom is -0.497 e. The quantitative estimate of drug-likeness (QED) is 0.426. The SMILES string of the molecule is COc1ccc(NC(=O)Nc2ccc(Oc3ccc4ncc(CN)nc4c3)cc2)cc1. The van der Waals surface area contributed by atoms with Crippen molar-refractivity contribution >= 4 is 28.4 Å². The van der Waals surface area contributed by atoms with Crippen molar-refractivity contribution in [2.45, 2.75) is 6.54 Å². The number of nitrogens with zero attached hydrogens (tertiary/aromatic N) is 2. The standard InChI is InChI=1S/C23H21N5O3/c1-30-18-6-2-15(3-7-18)27-23(29)28-16-4-8-19(9-5-16)31-20-10-11-21-22(12-20)26-17(13-24)14-25-21/h2-12,14H,13,24H2,1H3,(H2,27,28,29). The zero-order valence-electron chi connectivity index (χ0n) is 16.8. The minimum atomic E-state index is -0.345. The van der Waals surface area contributed by atoms with E-state index in [9.17, 15) is 4.79 Å². The van der Waals surface area contributed by atoms with E-state index in [1.165, 1.54) is 0 Å². The molecular weight excluding hydrogens is 394 g/mol. The molecule has 0 bridgehead atoms. The Bertz CT molecular complexity index is 1190. The van der Waals surface area contributed by atoms with E-state index in [0.717, 1.165) is 11.3 Å². The number of urea groups is 1. The number of carbonyl (C=O) groups excluding carboxylic acids is 1. The highest BCUT2D eigenvalue weighted by Crippen LogP contribution is 2.25. The molecule has 4 aromatic rings. The molecule has 1 heterocycles. The van der Waals surface area contributed by atoms with E-state index in [1.807, 2.05) is 18.2 Å². The molecule has 8 heteroatoms. The topological polar surface area (TPSA) is 111 Å². The third-order valence-corrected chi connectivity index (χ3v) is 4.47. The highest BCUT2D eigenvalue weighted by atomic mass is 16.5. The molecule has 0 saturated carbocycles. The maximum absolute atomic E-state index is 12.2. The predicted octanol–water partition coefficient (Wildman–Crippen LogP) is 4.53. The molecular formula is C23H21N5O3. The van der Waals surface area contributed by atoms with Crippen molar-refractivity contribution in [1.29, 1.82) is 0 Å².